The third-order valence-corrected chi connectivity index (χ3v) is 3.05. The zero-order chi connectivity index (χ0) is 11.1. The van der Waals surface area contributed by atoms with Crippen LogP contribution >= 0.6 is 24.6 Å². The summed E-state index contributed by atoms with van der Waals surface area (Å²) in [6, 6.07) is 0.609. The summed E-state index contributed by atoms with van der Waals surface area (Å²) in [5.74, 6) is 0. The van der Waals surface area contributed by atoms with Crippen molar-refractivity contribution in [2.75, 3.05) is 27.2 Å². The van der Waals surface area contributed by atoms with Gasteiger partial charge in [0.15, 0.2) is 5.11 Å². The Hall–Kier alpha value is -0.0600. The van der Waals surface area contributed by atoms with Crippen LogP contribution in [-0.2, 0) is 0 Å². The number of nitrogens with one attached hydrogen (secondary N) is 2. The maximum Gasteiger partial charge on any atom is 0.166 e. The fraction of sp³-hybridized carbons (Fsp3) is 0.909. The molecular weight excluding hydrogens is 242 g/mol. The summed E-state index contributed by atoms with van der Waals surface area (Å²) in [7, 11) is 4.14. The molecule has 1 rings (SSSR count). The maximum absolute atomic E-state index is 5.25. The smallest absolute Gasteiger partial charge is 0.166 e. The van der Waals surface area contributed by atoms with Crippen LogP contribution in [0.2, 0.25) is 0 Å². The highest BCUT2D eigenvalue weighted by Gasteiger charge is 2.13. The summed E-state index contributed by atoms with van der Waals surface area (Å²) in [4.78, 5) is 2.15. The first-order valence-corrected chi connectivity index (χ1v) is 6.28. The summed E-state index contributed by atoms with van der Waals surface area (Å²) >= 11 is 5.25. The molecule has 0 bridgehead atoms. The van der Waals surface area contributed by atoms with Crippen molar-refractivity contribution in [3.8, 4) is 0 Å². The van der Waals surface area contributed by atoms with Gasteiger partial charge < -0.3 is 15.5 Å². The summed E-state index contributed by atoms with van der Waals surface area (Å²) in [6.07, 6.45) is 6.62. The topological polar surface area (TPSA) is 27.3 Å². The molecule has 1 aliphatic carbocycles. The molecule has 5 heteroatoms. The van der Waals surface area contributed by atoms with Gasteiger partial charge in [-0.1, -0.05) is 19.3 Å². The molecule has 0 atom stereocenters. The van der Waals surface area contributed by atoms with E-state index in [1.54, 1.807) is 0 Å². The highest BCUT2D eigenvalue weighted by molar-refractivity contribution is 7.80. The van der Waals surface area contributed by atoms with Crippen molar-refractivity contribution < 1.29 is 0 Å². The van der Waals surface area contributed by atoms with Gasteiger partial charge in [-0.05, 0) is 39.2 Å². The normalized spacial score (nSPS) is 16.7. The number of rotatable bonds is 4. The number of thiocarbonyl (C=S) groups is 1. The van der Waals surface area contributed by atoms with Crippen molar-refractivity contribution in [3.05, 3.63) is 0 Å². The second-order valence-electron chi connectivity index (χ2n) is 4.54. The zero-order valence-electron chi connectivity index (χ0n) is 10.3. The molecule has 16 heavy (non-hydrogen) atoms. The molecule has 0 aliphatic heterocycles. The van der Waals surface area contributed by atoms with Crippen LogP contribution in [0.15, 0.2) is 0 Å². The van der Waals surface area contributed by atoms with Crippen LogP contribution in [0.3, 0.4) is 0 Å². The van der Waals surface area contributed by atoms with Gasteiger partial charge in [-0.15, -0.1) is 12.4 Å². The van der Waals surface area contributed by atoms with Crippen LogP contribution in [0.25, 0.3) is 0 Å². The standard InChI is InChI=1S/C11H23N3S.ClH/c1-14(2)9-8-12-11(15)13-10-6-4-3-5-7-10;/h10H,3-9H2,1-2H3,(H2,12,13,15);1H. The Morgan fingerprint density at radius 1 is 1.25 bits per heavy atom. The van der Waals surface area contributed by atoms with Crippen LogP contribution < -0.4 is 10.6 Å². The van der Waals surface area contributed by atoms with E-state index >= 15 is 0 Å². The Morgan fingerprint density at radius 2 is 1.88 bits per heavy atom. The second-order valence-corrected chi connectivity index (χ2v) is 4.95. The number of hydrogen-bond acceptors (Lipinski definition) is 2. The van der Waals surface area contributed by atoms with E-state index in [2.05, 4.69) is 29.6 Å². The molecule has 0 heterocycles. The van der Waals surface area contributed by atoms with E-state index in [1.165, 1.54) is 32.1 Å². The van der Waals surface area contributed by atoms with Crippen LogP contribution in [0.4, 0.5) is 0 Å². The first-order chi connectivity index (χ1) is 7.18. The van der Waals surface area contributed by atoms with Gasteiger partial charge in [-0.2, -0.15) is 0 Å². The lowest BCUT2D eigenvalue weighted by atomic mass is 9.96. The molecule has 0 aromatic rings. The Balaban J connectivity index is 0.00000225. The lowest BCUT2D eigenvalue weighted by Crippen LogP contribution is -2.44. The minimum atomic E-state index is 0. The molecule has 0 radical (unpaired) electrons. The van der Waals surface area contributed by atoms with Crippen molar-refractivity contribution >= 4 is 29.7 Å². The van der Waals surface area contributed by atoms with Crippen molar-refractivity contribution in [3.63, 3.8) is 0 Å². The molecule has 3 nitrogen and oxygen atoms in total. The Morgan fingerprint density at radius 3 is 2.44 bits per heavy atom. The molecule has 0 saturated heterocycles. The molecule has 0 spiro atoms. The average molecular weight is 266 g/mol. The number of nitrogens with zero attached hydrogens (tertiary/aromatic N) is 1. The van der Waals surface area contributed by atoms with Crippen LogP contribution in [0.5, 0.6) is 0 Å². The molecular formula is C11H24ClN3S. The molecule has 2 N–H and O–H groups in total. The van der Waals surface area contributed by atoms with Crippen LogP contribution in [0, 0.1) is 0 Å². The van der Waals surface area contributed by atoms with Gasteiger partial charge in [0.25, 0.3) is 0 Å². The highest BCUT2D eigenvalue weighted by atomic mass is 35.5. The molecule has 1 saturated carbocycles. The van der Waals surface area contributed by atoms with E-state index in [4.69, 9.17) is 12.2 Å². The average Bonchev–Trinajstić information content (AvgIpc) is 2.18. The summed E-state index contributed by atoms with van der Waals surface area (Å²) in [6.45, 7) is 1.94. The van der Waals surface area contributed by atoms with E-state index in [-0.39, 0.29) is 12.4 Å². The fourth-order valence-electron chi connectivity index (χ4n) is 1.88. The van der Waals surface area contributed by atoms with E-state index in [0.717, 1.165) is 18.2 Å². The number of hydrogen-bond donors (Lipinski definition) is 2. The maximum atomic E-state index is 5.25. The second kappa shape index (κ2) is 9.02. The predicted molar refractivity (Wildman–Crippen MR) is 76.4 cm³/mol. The van der Waals surface area contributed by atoms with Gasteiger partial charge in [0.05, 0.1) is 0 Å². The lowest BCUT2D eigenvalue weighted by molar-refractivity contribution is 0.401. The lowest BCUT2D eigenvalue weighted by Gasteiger charge is -2.24. The van der Waals surface area contributed by atoms with Gasteiger partial charge in [-0.25, -0.2) is 0 Å². The first kappa shape index (κ1) is 15.9. The molecule has 1 fully saturated rings. The van der Waals surface area contributed by atoms with Gasteiger partial charge in [-0.3, -0.25) is 0 Å². The van der Waals surface area contributed by atoms with E-state index in [0.29, 0.717) is 6.04 Å². The molecule has 0 aromatic heterocycles. The fourth-order valence-corrected chi connectivity index (χ4v) is 2.15. The zero-order valence-corrected chi connectivity index (χ0v) is 11.9. The molecule has 96 valence electrons. The van der Waals surface area contributed by atoms with Crippen molar-refractivity contribution in [1.82, 2.24) is 15.5 Å². The van der Waals surface area contributed by atoms with E-state index in [1.807, 2.05) is 0 Å². The minimum absolute atomic E-state index is 0. The van der Waals surface area contributed by atoms with Crippen LogP contribution in [0.1, 0.15) is 32.1 Å². The first-order valence-electron chi connectivity index (χ1n) is 5.87. The van der Waals surface area contributed by atoms with E-state index < -0.39 is 0 Å². The largest absolute Gasteiger partial charge is 0.361 e. The summed E-state index contributed by atoms with van der Waals surface area (Å²) in [5.41, 5.74) is 0. The quantitative estimate of drug-likeness (QED) is 0.758. The third-order valence-electron chi connectivity index (χ3n) is 2.78. The minimum Gasteiger partial charge on any atom is -0.361 e. The number of halogens is 1. The summed E-state index contributed by atoms with van der Waals surface area (Å²) < 4.78 is 0. The SMILES string of the molecule is CN(C)CCNC(=S)NC1CCCCC1.Cl. The molecule has 0 aromatic carbocycles. The van der Waals surface area contributed by atoms with Crippen LogP contribution in [-0.4, -0.2) is 43.2 Å². The predicted octanol–water partition coefficient (Wildman–Crippen LogP) is 1.77. The van der Waals surface area contributed by atoms with E-state index in [9.17, 15) is 0 Å². The van der Waals surface area contributed by atoms with Gasteiger partial charge >= 0.3 is 0 Å². The Bertz CT molecular complexity index is 194. The summed E-state index contributed by atoms with van der Waals surface area (Å²) in [5, 5.41) is 7.46. The monoisotopic (exact) mass is 265 g/mol. The molecule has 0 unspecified atom stereocenters. The van der Waals surface area contributed by atoms with Gasteiger partial charge in [0, 0.05) is 19.1 Å². The Kier molecular flexibility index (Phi) is 8.99. The third kappa shape index (κ3) is 7.25. The molecule has 0 amide bonds. The highest BCUT2D eigenvalue weighted by Crippen LogP contribution is 2.16. The van der Waals surface area contributed by atoms with Gasteiger partial charge in [0.2, 0.25) is 0 Å². The van der Waals surface area contributed by atoms with Crippen molar-refractivity contribution in [2.45, 2.75) is 38.1 Å². The number of likely N-dealkylation sites (N-methyl/N-ethyl adjacent to an activating group) is 1. The van der Waals surface area contributed by atoms with Crippen molar-refractivity contribution in [1.29, 1.82) is 0 Å². The van der Waals surface area contributed by atoms with Gasteiger partial charge in [0.1, 0.15) is 0 Å². The van der Waals surface area contributed by atoms with Crippen molar-refractivity contribution in [2.24, 2.45) is 0 Å². The molecule has 1 aliphatic rings. The Labute approximate surface area is 111 Å².